The van der Waals surface area contributed by atoms with Crippen molar-refractivity contribution in [3.05, 3.63) is 94.8 Å². The molecule has 168 valence electrons. The number of fused-ring (bicyclic) bond motifs is 2. The number of anilines is 2. The summed E-state index contributed by atoms with van der Waals surface area (Å²) in [6.07, 6.45) is 0. The minimum Gasteiger partial charge on any atom is -0.308 e. The lowest BCUT2D eigenvalue weighted by Crippen LogP contribution is -2.51. The number of aryl methyl sites for hydroxylation is 2. The van der Waals surface area contributed by atoms with Crippen molar-refractivity contribution in [2.75, 3.05) is 22.5 Å². The van der Waals surface area contributed by atoms with Crippen molar-refractivity contribution < 1.29 is 14.0 Å². The van der Waals surface area contributed by atoms with Crippen LogP contribution in [-0.4, -0.2) is 29.1 Å². The van der Waals surface area contributed by atoms with E-state index < -0.39 is 16.7 Å². The molecule has 3 amide bonds. The number of amides is 3. The molecule has 0 aliphatic carbocycles. The molecule has 3 aromatic rings. The molecule has 2 aliphatic rings. The molecule has 3 aromatic carbocycles. The van der Waals surface area contributed by atoms with E-state index in [1.165, 1.54) is 23.9 Å². The number of thioether (sulfide) groups is 1. The SMILES string of the molecule is Cc1cccc(CN2C(=O)C3(SCCN3C(=O)Nc3cccc(F)c3)c3cc(C)ccc32)c1. The third-order valence-corrected chi connectivity index (χ3v) is 7.51. The second kappa shape index (κ2) is 8.23. The van der Waals surface area contributed by atoms with Crippen LogP contribution in [-0.2, 0) is 16.2 Å². The molecular weight excluding hydrogens is 437 g/mol. The lowest BCUT2D eigenvalue weighted by Gasteiger charge is -2.33. The van der Waals surface area contributed by atoms with Crippen LogP contribution in [0.2, 0.25) is 0 Å². The third kappa shape index (κ3) is 3.66. The number of hydrogen-bond donors (Lipinski definition) is 1. The minimum atomic E-state index is -1.14. The van der Waals surface area contributed by atoms with Gasteiger partial charge in [-0.1, -0.05) is 53.6 Å². The lowest BCUT2D eigenvalue weighted by molar-refractivity contribution is -0.123. The molecular formula is C26H24FN3O2S. The number of rotatable bonds is 3. The van der Waals surface area contributed by atoms with Gasteiger partial charge in [0.2, 0.25) is 0 Å². The van der Waals surface area contributed by atoms with Gasteiger partial charge in [0.25, 0.3) is 5.91 Å². The average molecular weight is 462 g/mol. The molecule has 1 unspecified atom stereocenters. The summed E-state index contributed by atoms with van der Waals surface area (Å²) < 4.78 is 13.6. The van der Waals surface area contributed by atoms with Gasteiger partial charge in [-0.2, -0.15) is 0 Å². The number of benzene rings is 3. The molecule has 5 nitrogen and oxygen atoms in total. The zero-order valence-electron chi connectivity index (χ0n) is 18.5. The van der Waals surface area contributed by atoms with Gasteiger partial charge in [-0.05, 0) is 43.7 Å². The highest BCUT2D eigenvalue weighted by atomic mass is 32.2. The van der Waals surface area contributed by atoms with E-state index in [0.29, 0.717) is 24.5 Å². The normalized spacial score (nSPS) is 19.3. The number of carbonyl (C=O) groups excluding carboxylic acids is 2. The number of hydrogen-bond acceptors (Lipinski definition) is 3. The highest BCUT2D eigenvalue weighted by molar-refractivity contribution is 8.01. The van der Waals surface area contributed by atoms with Crippen molar-refractivity contribution in [3.63, 3.8) is 0 Å². The summed E-state index contributed by atoms with van der Waals surface area (Å²) in [4.78, 5) is 29.6. The third-order valence-electron chi connectivity index (χ3n) is 6.09. The van der Waals surface area contributed by atoms with Crippen molar-refractivity contribution in [1.29, 1.82) is 0 Å². The van der Waals surface area contributed by atoms with Crippen molar-refractivity contribution in [3.8, 4) is 0 Å². The molecule has 0 aromatic heterocycles. The van der Waals surface area contributed by atoms with Crippen LogP contribution in [0, 0.1) is 19.7 Å². The van der Waals surface area contributed by atoms with Gasteiger partial charge in [0, 0.05) is 23.5 Å². The summed E-state index contributed by atoms with van der Waals surface area (Å²) in [7, 11) is 0. The summed E-state index contributed by atoms with van der Waals surface area (Å²) in [6, 6.07) is 19.4. The van der Waals surface area contributed by atoms with Crippen LogP contribution < -0.4 is 10.2 Å². The van der Waals surface area contributed by atoms with Crippen LogP contribution >= 0.6 is 11.8 Å². The maximum absolute atomic E-state index is 14.0. The summed E-state index contributed by atoms with van der Waals surface area (Å²) >= 11 is 1.48. The number of urea groups is 1. The van der Waals surface area contributed by atoms with Crippen molar-refractivity contribution in [1.82, 2.24) is 4.90 Å². The number of nitrogens with one attached hydrogen (secondary N) is 1. The fourth-order valence-electron chi connectivity index (χ4n) is 4.64. The fraction of sp³-hybridized carbons (Fsp3) is 0.231. The topological polar surface area (TPSA) is 52.7 Å². The Balaban J connectivity index is 1.54. The van der Waals surface area contributed by atoms with Gasteiger partial charge in [0.15, 0.2) is 4.87 Å². The Hall–Kier alpha value is -3.32. The Morgan fingerprint density at radius 1 is 1.06 bits per heavy atom. The average Bonchev–Trinajstić information content (AvgIpc) is 3.31. The Kier molecular flexibility index (Phi) is 5.37. The Morgan fingerprint density at radius 3 is 2.64 bits per heavy atom. The Bertz CT molecular complexity index is 1260. The predicted molar refractivity (Wildman–Crippen MR) is 130 cm³/mol. The van der Waals surface area contributed by atoms with Crippen LogP contribution in [0.3, 0.4) is 0 Å². The monoisotopic (exact) mass is 461 g/mol. The quantitative estimate of drug-likeness (QED) is 0.566. The molecule has 2 aliphatic heterocycles. The van der Waals surface area contributed by atoms with E-state index in [1.54, 1.807) is 21.9 Å². The van der Waals surface area contributed by atoms with Gasteiger partial charge in [0.05, 0.1) is 12.2 Å². The van der Waals surface area contributed by atoms with Crippen molar-refractivity contribution in [2.24, 2.45) is 0 Å². The first-order chi connectivity index (χ1) is 15.9. The molecule has 5 rings (SSSR count). The summed E-state index contributed by atoms with van der Waals surface area (Å²) in [6.45, 7) is 4.86. The molecule has 1 spiro atoms. The second-order valence-electron chi connectivity index (χ2n) is 8.49. The van der Waals surface area contributed by atoms with Crippen molar-refractivity contribution >= 4 is 35.1 Å². The van der Waals surface area contributed by atoms with Crippen LogP contribution in [0.4, 0.5) is 20.6 Å². The standard InChI is InChI=1S/C26H24FN3O2S/c1-17-5-3-6-19(13-17)16-29-23-10-9-18(2)14-22(23)26(24(29)31)30(11-12-33-26)25(32)28-21-8-4-7-20(27)15-21/h3-10,13-15H,11-12,16H2,1-2H3,(H,28,32). The van der Waals surface area contributed by atoms with Crippen LogP contribution in [0.25, 0.3) is 0 Å². The van der Waals surface area contributed by atoms with Crippen LogP contribution in [0.1, 0.15) is 22.3 Å². The number of nitrogens with zero attached hydrogens (tertiary/aromatic N) is 2. The van der Waals surface area contributed by atoms with E-state index in [2.05, 4.69) is 11.4 Å². The molecule has 1 atom stereocenters. The maximum Gasteiger partial charge on any atom is 0.323 e. The first-order valence-electron chi connectivity index (χ1n) is 10.9. The lowest BCUT2D eigenvalue weighted by atomic mass is 10.0. The van der Waals surface area contributed by atoms with E-state index in [0.717, 1.165) is 27.9 Å². The molecule has 33 heavy (non-hydrogen) atoms. The number of halogens is 1. The van der Waals surface area contributed by atoms with E-state index in [1.807, 2.05) is 50.2 Å². The van der Waals surface area contributed by atoms with Crippen molar-refractivity contribution in [2.45, 2.75) is 25.3 Å². The Morgan fingerprint density at radius 2 is 1.85 bits per heavy atom. The van der Waals surface area contributed by atoms with Crippen LogP contribution in [0.15, 0.2) is 66.7 Å². The highest BCUT2D eigenvalue weighted by Crippen LogP contribution is 2.54. The van der Waals surface area contributed by atoms with E-state index in [4.69, 9.17) is 0 Å². The summed E-state index contributed by atoms with van der Waals surface area (Å²) in [5.74, 6) is 0.0793. The van der Waals surface area contributed by atoms with E-state index >= 15 is 0 Å². The molecule has 0 radical (unpaired) electrons. The molecule has 1 fully saturated rings. The smallest absolute Gasteiger partial charge is 0.308 e. The largest absolute Gasteiger partial charge is 0.323 e. The van der Waals surface area contributed by atoms with Gasteiger partial charge in [-0.25, -0.2) is 9.18 Å². The molecule has 7 heteroatoms. The first-order valence-corrected chi connectivity index (χ1v) is 11.8. The predicted octanol–water partition coefficient (Wildman–Crippen LogP) is 5.42. The molecule has 1 saturated heterocycles. The van der Waals surface area contributed by atoms with Crippen LogP contribution in [0.5, 0.6) is 0 Å². The number of carbonyl (C=O) groups is 2. The van der Waals surface area contributed by atoms with Gasteiger partial charge >= 0.3 is 6.03 Å². The maximum atomic E-state index is 14.0. The first kappa shape index (κ1) is 21.5. The zero-order valence-corrected chi connectivity index (χ0v) is 19.3. The molecule has 0 bridgehead atoms. The van der Waals surface area contributed by atoms with E-state index in [9.17, 15) is 14.0 Å². The molecule has 1 N–H and O–H groups in total. The minimum absolute atomic E-state index is 0.124. The zero-order chi connectivity index (χ0) is 23.2. The fourth-order valence-corrected chi connectivity index (χ4v) is 6.09. The van der Waals surface area contributed by atoms with Gasteiger partial charge in [0.1, 0.15) is 5.82 Å². The molecule has 0 saturated carbocycles. The Labute approximate surface area is 196 Å². The van der Waals surface area contributed by atoms with E-state index in [-0.39, 0.29) is 5.91 Å². The second-order valence-corrected chi connectivity index (χ2v) is 9.77. The van der Waals surface area contributed by atoms with Gasteiger partial charge in [-0.3, -0.25) is 9.69 Å². The van der Waals surface area contributed by atoms with Gasteiger partial charge < -0.3 is 10.2 Å². The summed E-state index contributed by atoms with van der Waals surface area (Å²) in [5.41, 5.74) is 5.20. The summed E-state index contributed by atoms with van der Waals surface area (Å²) in [5, 5.41) is 2.78. The van der Waals surface area contributed by atoms with Gasteiger partial charge in [-0.15, -0.1) is 11.8 Å². The molecule has 2 heterocycles. The highest BCUT2D eigenvalue weighted by Gasteiger charge is 2.59.